The van der Waals surface area contributed by atoms with Crippen LogP contribution in [0.2, 0.25) is 5.02 Å². The van der Waals surface area contributed by atoms with Crippen molar-refractivity contribution in [3.05, 3.63) is 35.5 Å². The fourth-order valence-electron chi connectivity index (χ4n) is 2.30. The van der Waals surface area contributed by atoms with Crippen molar-refractivity contribution >= 4 is 40.1 Å². The van der Waals surface area contributed by atoms with E-state index < -0.39 is 6.29 Å². The Hall–Kier alpha value is -2.42. The number of fused-ring (bicyclic) bond motifs is 1. The molecule has 0 unspecified atom stereocenters. The van der Waals surface area contributed by atoms with Gasteiger partial charge >= 0.3 is 0 Å². The molecule has 132 valence electrons. The molecule has 0 saturated carbocycles. The van der Waals surface area contributed by atoms with Crippen molar-refractivity contribution in [2.75, 3.05) is 31.4 Å². The van der Waals surface area contributed by atoms with E-state index in [1.807, 2.05) is 31.3 Å². The number of aromatic nitrogens is 4. The predicted molar refractivity (Wildman–Crippen MR) is 97.3 cm³/mol. The molecule has 0 saturated heterocycles. The lowest BCUT2D eigenvalue weighted by Crippen LogP contribution is -2.24. The number of anilines is 3. The molecule has 3 aromatic rings. The molecule has 0 radical (unpaired) electrons. The Morgan fingerprint density at radius 3 is 2.56 bits per heavy atom. The van der Waals surface area contributed by atoms with E-state index in [4.69, 9.17) is 21.1 Å². The zero-order chi connectivity index (χ0) is 17.8. The second-order valence-electron chi connectivity index (χ2n) is 5.32. The van der Waals surface area contributed by atoms with Crippen LogP contribution < -0.4 is 10.6 Å². The number of nitrogens with zero attached hydrogens (tertiary/aromatic N) is 4. The number of nitrogens with one attached hydrogen (secondary N) is 2. The minimum absolute atomic E-state index is 0.390. The highest BCUT2D eigenvalue weighted by molar-refractivity contribution is 6.30. The molecule has 0 aliphatic carbocycles. The van der Waals surface area contributed by atoms with Crippen molar-refractivity contribution in [1.29, 1.82) is 0 Å². The number of halogens is 1. The zero-order valence-corrected chi connectivity index (χ0v) is 14.9. The van der Waals surface area contributed by atoms with Gasteiger partial charge in [-0.05, 0) is 24.3 Å². The molecule has 0 atom stereocenters. The summed E-state index contributed by atoms with van der Waals surface area (Å²) in [5.74, 6) is 1.10. The summed E-state index contributed by atoms with van der Waals surface area (Å²) in [5.41, 5.74) is 1.58. The Kier molecular flexibility index (Phi) is 5.32. The summed E-state index contributed by atoms with van der Waals surface area (Å²) in [5, 5.41) is 12.1. The van der Waals surface area contributed by atoms with Gasteiger partial charge in [0.25, 0.3) is 0 Å². The number of rotatable bonds is 7. The molecular formula is C16H19ClN6O2. The lowest BCUT2D eigenvalue weighted by molar-refractivity contribution is -0.0914. The SMILES string of the molecule is COC(CNc1nc(Nc2ccc(Cl)cc2)c2cnn(C)c2n1)OC. The normalized spacial score (nSPS) is 11.2. The highest BCUT2D eigenvalue weighted by atomic mass is 35.5. The Morgan fingerprint density at radius 1 is 1.16 bits per heavy atom. The van der Waals surface area contributed by atoms with Gasteiger partial charge in [-0.3, -0.25) is 4.68 Å². The fourth-order valence-corrected chi connectivity index (χ4v) is 2.43. The average molecular weight is 363 g/mol. The Morgan fingerprint density at radius 2 is 1.88 bits per heavy atom. The molecule has 25 heavy (non-hydrogen) atoms. The maximum absolute atomic E-state index is 5.94. The van der Waals surface area contributed by atoms with E-state index in [0.717, 1.165) is 11.1 Å². The predicted octanol–water partition coefficient (Wildman–Crippen LogP) is 2.79. The zero-order valence-electron chi connectivity index (χ0n) is 14.2. The van der Waals surface area contributed by atoms with Crippen LogP contribution in [-0.4, -0.2) is 46.8 Å². The first-order valence-corrected chi connectivity index (χ1v) is 8.00. The number of hydrogen-bond donors (Lipinski definition) is 2. The van der Waals surface area contributed by atoms with Gasteiger partial charge in [0.05, 0.1) is 18.1 Å². The van der Waals surface area contributed by atoms with Gasteiger partial charge in [0.1, 0.15) is 5.82 Å². The fraction of sp³-hybridized carbons (Fsp3) is 0.312. The molecular weight excluding hydrogens is 344 g/mol. The smallest absolute Gasteiger partial charge is 0.226 e. The minimum atomic E-state index is -0.390. The summed E-state index contributed by atoms with van der Waals surface area (Å²) >= 11 is 5.94. The summed E-state index contributed by atoms with van der Waals surface area (Å²) < 4.78 is 12.0. The third-order valence-electron chi connectivity index (χ3n) is 3.65. The second kappa shape index (κ2) is 7.64. The van der Waals surface area contributed by atoms with Crippen molar-refractivity contribution in [3.8, 4) is 0 Å². The van der Waals surface area contributed by atoms with E-state index in [0.29, 0.717) is 29.0 Å². The highest BCUT2D eigenvalue weighted by Gasteiger charge is 2.13. The van der Waals surface area contributed by atoms with Gasteiger partial charge in [-0.1, -0.05) is 11.6 Å². The largest absolute Gasteiger partial charge is 0.354 e. The quantitative estimate of drug-likeness (QED) is 0.625. The van der Waals surface area contributed by atoms with E-state index in [9.17, 15) is 0 Å². The van der Waals surface area contributed by atoms with Crippen molar-refractivity contribution in [3.63, 3.8) is 0 Å². The van der Waals surface area contributed by atoms with Crippen LogP contribution in [0.15, 0.2) is 30.5 Å². The second-order valence-corrected chi connectivity index (χ2v) is 5.75. The van der Waals surface area contributed by atoms with E-state index in [1.54, 1.807) is 25.1 Å². The van der Waals surface area contributed by atoms with Crippen LogP contribution in [0.1, 0.15) is 0 Å². The molecule has 1 aromatic carbocycles. The first-order chi connectivity index (χ1) is 12.1. The van der Waals surface area contributed by atoms with Crippen LogP contribution in [0.25, 0.3) is 11.0 Å². The molecule has 0 spiro atoms. The topological polar surface area (TPSA) is 86.1 Å². The highest BCUT2D eigenvalue weighted by Crippen LogP contribution is 2.25. The van der Waals surface area contributed by atoms with E-state index in [1.165, 1.54) is 0 Å². The van der Waals surface area contributed by atoms with Gasteiger partial charge in [-0.15, -0.1) is 0 Å². The third kappa shape index (κ3) is 3.98. The number of aryl methyl sites for hydroxylation is 1. The maximum Gasteiger partial charge on any atom is 0.226 e. The minimum Gasteiger partial charge on any atom is -0.354 e. The first kappa shape index (κ1) is 17.4. The van der Waals surface area contributed by atoms with Crippen molar-refractivity contribution in [2.24, 2.45) is 7.05 Å². The number of hydrogen-bond acceptors (Lipinski definition) is 7. The lowest BCUT2D eigenvalue weighted by Gasteiger charge is -2.15. The Balaban J connectivity index is 1.91. The Bertz CT molecular complexity index is 848. The molecule has 3 rings (SSSR count). The summed E-state index contributed by atoms with van der Waals surface area (Å²) in [6.07, 6.45) is 1.34. The van der Waals surface area contributed by atoms with Crippen LogP contribution in [0.4, 0.5) is 17.5 Å². The van der Waals surface area contributed by atoms with Gasteiger partial charge in [-0.25, -0.2) is 0 Å². The van der Waals surface area contributed by atoms with Crippen LogP contribution in [0.3, 0.4) is 0 Å². The van der Waals surface area contributed by atoms with Gasteiger partial charge < -0.3 is 20.1 Å². The monoisotopic (exact) mass is 362 g/mol. The lowest BCUT2D eigenvalue weighted by atomic mass is 10.3. The standard InChI is InChI=1S/C16H19ClN6O2/c1-23-15-12(8-19-23)14(20-11-6-4-10(17)5-7-11)21-16(22-15)18-9-13(24-2)25-3/h4-8,13H,9H2,1-3H3,(H2,18,20,21,22). The van der Waals surface area contributed by atoms with E-state index in [2.05, 4.69) is 25.7 Å². The van der Waals surface area contributed by atoms with Crippen molar-refractivity contribution in [2.45, 2.75) is 6.29 Å². The third-order valence-corrected chi connectivity index (χ3v) is 3.90. The molecule has 0 aliphatic rings. The molecule has 2 heterocycles. The maximum atomic E-state index is 5.94. The summed E-state index contributed by atoms with van der Waals surface area (Å²) in [6.45, 7) is 0.413. The van der Waals surface area contributed by atoms with Crippen LogP contribution in [-0.2, 0) is 16.5 Å². The first-order valence-electron chi connectivity index (χ1n) is 7.62. The molecule has 0 fully saturated rings. The van der Waals surface area contributed by atoms with Gasteiger partial charge in [-0.2, -0.15) is 15.1 Å². The van der Waals surface area contributed by atoms with Crippen molar-refractivity contribution in [1.82, 2.24) is 19.7 Å². The molecule has 8 nitrogen and oxygen atoms in total. The molecule has 2 aromatic heterocycles. The van der Waals surface area contributed by atoms with Gasteiger partial charge in [0, 0.05) is 32.0 Å². The molecule has 0 amide bonds. The van der Waals surface area contributed by atoms with Gasteiger partial charge in [0.15, 0.2) is 11.9 Å². The molecule has 0 bridgehead atoms. The van der Waals surface area contributed by atoms with Crippen LogP contribution in [0.5, 0.6) is 0 Å². The number of benzene rings is 1. The number of methoxy groups -OCH3 is 2. The van der Waals surface area contributed by atoms with Gasteiger partial charge in [0.2, 0.25) is 5.95 Å². The molecule has 9 heteroatoms. The summed E-state index contributed by atoms with van der Waals surface area (Å²) in [4.78, 5) is 9.04. The molecule has 0 aliphatic heterocycles. The van der Waals surface area contributed by atoms with Crippen molar-refractivity contribution < 1.29 is 9.47 Å². The average Bonchev–Trinajstić information content (AvgIpc) is 2.99. The number of ether oxygens (including phenoxy) is 2. The Labute approximate surface area is 150 Å². The van der Waals surface area contributed by atoms with Crippen LogP contribution in [0, 0.1) is 0 Å². The van der Waals surface area contributed by atoms with E-state index in [-0.39, 0.29) is 0 Å². The summed E-state index contributed by atoms with van der Waals surface area (Å²) in [7, 11) is 4.99. The van der Waals surface area contributed by atoms with Crippen LogP contribution >= 0.6 is 11.6 Å². The van der Waals surface area contributed by atoms with E-state index >= 15 is 0 Å². The molecule has 2 N–H and O–H groups in total. The summed E-state index contributed by atoms with van der Waals surface area (Å²) in [6, 6.07) is 7.39.